The molecular formula is C51H47N9O7S. The maximum absolute atomic E-state index is 13.1. The van der Waals surface area contributed by atoms with Crippen LogP contribution < -0.4 is 21.4 Å². The monoisotopic (exact) mass is 929 g/mol. The number of amides is 1. The lowest BCUT2D eigenvalue weighted by atomic mass is 9.90. The zero-order valence-corrected chi connectivity index (χ0v) is 37.5. The van der Waals surface area contributed by atoms with E-state index in [1.807, 2.05) is 54.6 Å². The van der Waals surface area contributed by atoms with Gasteiger partial charge in [-0.3, -0.25) is 39.3 Å². The van der Waals surface area contributed by atoms with Gasteiger partial charge in [-0.1, -0.05) is 24.3 Å². The number of rotatable bonds is 19. The third-order valence-corrected chi connectivity index (χ3v) is 11.1. The third kappa shape index (κ3) is 12.3. The van der Waals surface area contributed by atoms with Gasteiger partial charge in [-0.2, -0.15) is 0 Å². The van der Waals surface area contributed by atoms with Crippen LogP contribution in [-0.2, 0) is 26.2 Å². The van der Waals surface area contributed by atoms with Crippen molar-refractivity contribution in [1.82, 2.24) is 40.4 Å². The maximum atomic E-state index is 13.1. The van der Waals surface area contributed by atoms with E-state index >= 15 is 0 Å². The molecule has 0 radical (unpaired) electrons. The minimum atomic E-state index is -1.19. The SMILES string of the molecule is O=C(NCCNC(=S)Nc1ccc(-c2c3ccc(=O)cc-3oc3cc(O)ccc23)c(C(=O)O)c1)c1ccc(CN(Cc2ccccn2)CC(O)CN(Cc2ccccn2)Cc2ccccn2)nc1. The molecule has 1 aliphatic carbocycles. The fraction of sp³-hybridized carbons (Fsp3) is 0.176. The summed E-state index contributed by atoms with van der Waals surface area (Å²) in [6, 6.07) is 34.4. The second-order valence-corrected chi connectivity index (χ2v) is 16.4. The Bertz CT molecular complexity index is 2990. The van der Waals surface area contributed by atoms with E-state index in [-0.39, 0.29) is 52.2 Å². The zero-order chi connectivity index (χ0) is 47.4. The molecule has 2 aromatic carbocycles. The van der Waals surface area contributed by atoms with E-state index in [0.29, 0.717) is 78.3 Å². The topological polar surface area (TPSA) is 219 Å². The van der Waals surface area contributed by atoms with E-state index in [1.165, 1.54) is 36.5 Å². The number of carboxylic acids is 1. The standard InChI is InChI=1S/C51H47N9O7S/c61-39-13-16-43-46(24-39)67-47-25-40(62)14-17-44(47)48(43)42-15-12-34(23-45(42)50(65)66)58-51(68)56-22-21-55-49(64)33-10-11-38(57-26-33)30-60(29-37-9-3-6-20-54-37)32-41(63)31-59(27-35-7-1-4-18-52-35)28-36-8-2-5-19-53-36/h1-20,23-26,41,61,63H,21-22,27-32H2,(H,55,64)(H,65,66)(H2,56,58,68). The molecule has 8 rings (SSSR count). The van der Waals surface area contributed by atoms with E-state index in [9.17, 15) is 29.7 Å². The van der Waals surface area contributed by atoms with Gasteiger partial charge in [0.05, 0.1) is 40.0 Å². The van der Waals surface area contributed by atoms with Crippen LogP contribution >= 0.6 is 12.2 Å². The third-order valence-electron chi connectivity index (χ3n) is 10.9. The van der Waals surface area contributed by atoms with Crippen LogP contribution in [0.2, 0.25) is 0 Å². The van der Waals surface area contributed by atoms with Crippen molar-refractivity contribution < 1.29 is 29.3 Å². The van der Waals surface area contributed by atoms with E-state index in [4.69, 9.17) is 16.6 Å². The first kappa shape index (κ1) is 46.6. The van der Waals surface area contributed by atoms with E-state index in [2.05, 4.69) is 45.7 Å². The molecule has 0 saturated heterocycles. The number of nitrogens with zero attached hydrogens (tertiary/aromatic N) is 6. The number of pyridine rings is 4. The first-order valence-corrected chi connectivity index (χ1v) is 22.1. The summed E-state index contributed by atoms with van der Waals surface area (Å²) < 4.78 is 5.92. The highest BCUT2D eigenvalue weighted by molar-refractivity contribution is 7.80. The Morgan fingerprint density at radius 3 is 1.85 bits per heavy atom. The van der Waals surface area contributed by atoms with Gasteiger partial charge in [-0.25, -0.2) is 4.79 Å². The van der Waals surface area contributed by atoms with Crippen molar-refractivity contribution in [1.29, 1.82) is 0 Å². The van der Waals surface area contributed by atoms with Gasteiger partial charge in [0.15, 0.2) is 10.5 Å². The Morgan fingerprint density at radius 1 is 0.676 bits per heavy atom. The predicted molar refractivity (Wildman–Crippen MR) is 261 cm³/mol. The molecule has 0 fully saturated rings. The minimum absolute atomic E-state index is 0.0346. The number of phenolic OH excluding ortho intramolecular Hbond substituents is 1. The smallest absolute Gasteiger partial charge is 0.336 e. The van der Waals surface area contributed by atoms with Crippen LogP contribution in [0.1, 0.15) is 43.5 Å². The first-order chi connectivity index (χ1) is 33.0. The summed E-state index contributed by atoms with van der Waals surface area (Å²) in [7, 11) is 0. The maximum Gasteiger partial charge on any atom is 0.336 e. The van der Waals surface area contributed by atoms with E-state index in [1.54, 1.807) is 55.0 Å². The lowest BCUT2D eigenvalue weighted by Crippen LogP contribution is -2.40. The van der Waals surface area contributed by atoms with Crippen molar-refractivity contribution in [2.45, 2.75) is 32.3 Å². The first-order valence-electron chi connectivity index (χ1n) is 21.7. The molecule has 0 bridgehead atoms. The molecule has 5 heterocycles. The number of thiocarbonyl (C=S) groups is 1. The number of phenols is 1. The minimum Gasteiger partial charge on any atom is -0.508 e. The molecule has 4 aromatic heterocycles. The summed E-state index contributed by atoms with van der Waals surface area (Å²) >= 11 is 5.49. The van der Waals surface area contributed by atoms with Gasteiger partial charge in [0.2, 0.25) is 0 Å². The van der Waals surface area contributed by atoms with Crippen LogP contribution in [0.3, 0.4) is 0 Å². The van der Waals surface area contributed by atoms with Crippen molar-refractivity contribution in [3.8, 4) is 28.2 Å². The highest BCUT2D eigenvalue weighted by Crippen LogP contribution is 2.42. The molecule has 6 aromatic rings. The molecular weight excluding hydrogens is 883 g/mol. The predicted octanol–water partition coefficient (Wildman–Crippen LogP) is 6.33. The molecule has 2 aliphatic rings. The van der Waals surface area contributed by atoms with Crippen molar-refractivity contribution >= 4 is 45.9 Å². The highest BCUT2D eigenvalue weighted by Gasteiger charge is 2.23. The number of carbonyl (C=O) groups is 2. The van der Waals surface area contributed by atoms with Crippen LogP contribution in [0.15, 0.2) is 155 Å². The number of anilines is 1. The molecule has 1 amide bonds. The Labute approximate surface area is 396 Å². The lowest BCUT2D eigenvalue weighted by Gasteiger charge is -2.29. The van der Waals surface area contributed by atoms with E-state index < -0.39 is 12.1 Å². The molecule has 16 nitrogen and oxygen atoms in total. The molecule has 344 valence electrons. The number of hydrogen-bond acceptors (Lipinski definition) is 13. The van der Waals surface area contributed by atoms with Crippen molar-refractivity contribution in [2.24, 2.45) is 0 Å². The van der Waals surface area contributed by atoms with Gasteiger partial charge in [-0.15, -0.1) is 0 Å². The van der Waals surface area contributed by atoms with Crippen molar-refractivity contribution in [3.63, 3.8) is 0 Å². The van der Waals surface area contributed by atoms with Crippen molar-refractivity contribution in [3.05, 3.63) is 190 Å². The zero-order valence-electron chi connectivity index (χ0n) is 36.7. The average Bonchev–Trinajstić information content (AvgIpc) is 3.33. The summed E-state index contributed by atoms with van der Waals surface area (Å²) in [5, 5.41) is 41.6. The number of carbonyl (C=O) groups excluding carboxylic acids is 1. The van der Waals surface area contributed by atoms with Crippen LogP contribution in [0.25, 0.3) is 33.4 Å². The number of carboxylic acid groups (broad SMARTS) is 1. The molecule has 0 saturated carbocycles. The molecule has 0 spiro atoms. The normalized spacial score (nSPS) is 11.8. The summed E-state index contributed by atoms with van der Waals surface area (Å²) in [6.45, 7) is 3.11. The largest absolute Gasteiger partial charge is 0.508 e. The lowest BCUT2D eigenvalue weighted by molar-refractivity contribution is 0.0614. The summed E-state index contributed by atoms with van der Waals surface area (Å²) in [6.07, 6.45) is 6.04. The molecule has 1 aliphatic heterocycles. The van der Waals surface area contributed by atoms with Crippen LogP contribution in [0.4, 0.5) is 5.69 Å². The number of hydrogen-bond donors (Lipinski definition) is 6. The number of aromatic nitrogens is 4. The van der Waals surface area contributed by atoms with Crippen LogP contribution in [0.5, 0.6) is 5.75 Å². The number of aliphatic hydroxyl groups is 1. The van der Waals surface area contributed by atoms with E-state index in [0.717, 1.165) is 17.1 Å². The Morgan fingerprint density at radius 2 is 1.28 bits per heavy atom. The van der Waals surface area contributed by atoms with Crippen LogP contribution in [-0.4, -0.2) is 94.3 Å². The second-order valence-electron chi connectivity index (χ2n) is 16.0. The van der Waals surface area contributed by atoms with Gasteiger partial charge < -0.3 is 35.7 Å². The van der Waals surface area contributed by atoms with Gasteiger partial charge in [0.1, 0.15) is 17.1 Å². The number of aromatic hydroxyl groups is 1. The fourth-order valence-electron chi connectivity index (χ4n) is 7.86. The second kappa shape index (κ2) is 22.0. The van der Waals surface area contributed by atoms with Gasteiger partial charge in [-0.05, 0) is 103 Å². The number of aliphatic hydroxyl groups excluding tert-OH is 1. The summed E-state index contributed by atoms with van der Waals surface area (Å²) in [5.41, 5.74) is 5.49. The van der Waals surface area contributed by atoms with Gasteiger partial charge >= 0.3 is 5.97 Å². The number of benzene rings is 3. The number of aromatic carboxylic acids is 1. The average molecular weight is 930 g/mol. The van der Waals surface area contributed by atoms with Crippen LogP contribution in [0, 0.1) is 0 Å². The molecule has 1 atom stereocenters. The molecule has 17 heteroatoms. The highest BCUT2D eigenvalue weighted by atomic mass is 32.1. The molecule has 1 unspecified atom stereocenters. The van der Waals surface area contributed by atoms with Gasteiger partial charge in [0.25, 0.3) is 5.91 Å². The number of nitrogens with one attached hydrogen (secondary N) is 3. The molecule has 68 heavy (non-hydrogen) atoms. The van der Waals surface area contributed by atoms with Crippen molar-refractivity contribution in [2.75, 3.05) is 31.5 Å². The summed E-state index contributed by atoms with van der Waals surface area (Å²) in [4.78, 5) is 60.3. The Kier molecular flexibility index (Phi) is 15.1. The number of fused-ring (bicyclic) bond motifs is 2. The Balaban J connectivity index is 0.858. The fourth-order valence-corrected chi connectivity index (χ4v) is 8.08. The Hall–Kier alpha value is -7.96. The molecule has 6 N–H and O–H groups in total. The quantitative estimate of drug-likeness (QED) is 0.0297. The summed E-state index contributed by atoms with van der Waals surface area (Å²) in [5.74, 6) is -1.32. The van der Waals surface area contributed by atoms with Gasteiger partial charge in [0, 0.05) is 111 Å².